The lowest BCUT2D eigenvalue weighted by Crippen LogP contribution is -2.52. The molecule has 0 aromatic rings. The highest BCUT2D eigenvalue weighted by molar-refractivity contribution is 5.82. The predicted molar refractivity (Wildman–Crippen MR) is 59.5 cm³/mol. The Morgan fingerprint density at radius 1 is 1.41 bits per heavy atom. The van der Waals surface area contributed by atoms with Gasteiger partial charge < -0.3 is 20.0 Å². The third kappa shape index (κ3) is 2.36. The molecule has 0 spiro atoms. The normalized spacial score (nSPS) is 28.4. The number of amides is 2. The summed E-state index contributed by atoms with van der Waals surface area (Å²) < 4.78 is 0. The molecular weight excluding hydrogens is 224 g/mol. The maximum absolute atomic E-state index is 12.0. The van der Waals surface area contributed by atoms with E-state index in [4.69, 9.17) is 10.2 Å². The van der Waals surface area contributed by atoms with Gasteiger partial charge in [0.2, 0.25) is 5.91 Å². The number of hydrogen-bond donors (Lipinski definition) is 2. The van der Waals surface area contributed by atoms with Gasteiger partial charge in [0, 0.05) is 32.2 Å². The first-order valence-electron chi connectivity index (χ1n) is 6.02. The van der Waals surface area contributed by atoms with Crippen LogP contribution in [0.25, 0.3) is 0 Å². The number of hydrogen-bond acceptors (Lipinski definition) is 3. The summed E-state index contributed by atoms with van der Waals surface area (Å²) in [6.07, 6.45) is 1.16. The summed E-state index contributed by atoms with van der Waals surface area (Å²) in [6.45, 7) is 1.45. The van der Waals surface area contributed by atoms with Gasteiger partial charge in [0.25, 0.3) is 0 Å². The molecule has 17 heavy (non-hydrogen) atoms. The van der Waals surface area contributed by atoms with Crippen LogP contribution in [0.4, 0.5) is 4.79 Å². The summed E-state index contributed by atoms with van der Waals surface area (Å²) in [5.41, 5.74) is 0. The van der Waals surface area contributed by atoms with Gasteiger partial charge in [-0.15, -0.1) is 0 Å². The fraction of sp³-hybridized carbons (Fsp3) is 0.818. The predicted octanol–water partition coefficient (Wildman–Crippen LogP) is -0.0304. The summed E-state index contributed by atoms with van der Waals surface area (Å²) in [5, 5.41) is 17.7. The average Bonchev–Trinajstić information content (AvgIpc) is 2.63. The smallest absolute Gasteiger partial charge is 0.407 e. The van der Waals surface area contributed by atoms with Gasteiger partial charge in [-0.25, -0.2) is 4.79 Å². The molecule has 0 aromatic carbocycles. The molecule has 0 saturated carbocycles. The number of fused-ring (bicyclic) bond motifs is 1. The Bertz CT molecular complexity index is 321. The van der Waals surface area contributed by atoms with Crippen LogP contribution in [0.5, 0.6) is 0 Å². The SMILES string of the molecule is O=C(O)N1CCN2C(=O)[C@@H](CCCO)C[C@H]2C1. The molecule has 2 aliphatic rings. The Hall–Kier alpha value is -1.30. The van der Waals surface area contributed by atoms with Crippen molar-refractivity contribution >= 4 is 12.0 Å². The van der Waals surface area contributed by atoms with Crippen LogP contribution in [0.2, 0.25) is 0 Å². The van der Waals surface area contributed by atoms with Crippen molar-refractivity contribution in [2.75, 3.05) is 26.2 Å². The first-order valence-corrected chi connectivity index (χ1v) is 6.02. The molecule has 2 N–H and O–H groups in total. The van der Waals surface area contributed by atoms with Crippen molar-refractivity contribution in [1.82, 2.24) is 9.80 Å². The van der Waals surface area contributed by atoms with Gasteiger partial charge in [0.05, 0.1) is 6.04 Å². The molecule has 2 amide bonds. The van der Waals surface area contributed by atoms with Crippen molar-refractivity contribution in [3.63, 3.8) is 0 Å². The minimum Gasteiger partial charge on any atom is -0.465 e. The fourth-order valence-corrected chi connectivity index (χ4v) is 2.76. The number of carbonyl (C=O) groups is 2. The monoisotopic (exact) mass is 242 g/mol. The Labute approximate surface area is 99.8 Å². The maximum Gasteiger partial charge on any atom is 0.407 e. The Morgan fingerprint density at radius 2 is 2.18 bits per heavy atom. The summed E-state index contributed by atoms with van der Waals surface area (Å²) >= 11 is 0. The van der Waals surface area contributed by atoms with Crippen LogP contribution in [0, 0.1) is 5.92 Å². The third-order valence-corrected chi connectivity index (χ3v) is 3.65. The summed E-state index contributed by atoms with van der Waals surface area (Å²) in [7, 11) is 0. The molecule has 96 valence electrons. The zero-order valence-corrected chi connectivity index (χ0v) is 9.71. The minimum atomic E-state index is -0.907. The zero-order chi connectivity index (χ0) is 12.4. The van der Waals surface area contributed by atoms with Gasteiger partial charge in [-0.05, 0) is 19.3 Å². The van der Waals surface area contributed by atoms with Crippen molar-refractivity contribution in [2.45, 2.75) is 25.3 Å². The molecule has 2 fully saturated rings. The lowest BCUT2D eigenvalue weighted by atomic mass is 9.99. The van der Waals surface area contributed by atoms with E-state index < -0.39 is 6.09 Å². The van der Waals surface area contributed by atoms with E-state index in [-0.39, 0.29) is 24.5 Å². The van der Waals surface area contributed by atoms with E-state index in [0.717, 1.165) is 6.42 Å². The maximum atomic E-state index is 12.0. The second kappa shape index (κ2) is 4.91. The van der Waals surface area contributed by atoms with E-state index in [1.165, 1.54) is 4.90 Å². The van der Waals surface area contributed by atoms with Gasteiger partial charge in [-0.3, -0.25) is 4.79 Å². The molecule has 2 atom stereocenters. The lowest BCUT2D eigenvalue weighted by molar-refractivity contribution is -0.133. The van der Waals surface area contributed by atoms with Crippen molar-refractivity contribution in [1.29, 1.82) is 0 Å². The molecule has 6 nitrogen and oxygen atoms in total. The van der Waals surface area contributed by atoms with E-state index in [1.807, 2.05) is 4.90 Å². The van der Waals surface area contributed by atoms with Crippen molar-refractivity contribution in [3.8, 4) is 0 Å². The number of carboxylic acid groups (broad SMARTS) is 1. The molecular formula is C11H18N2O4. The molecule has 0 aromatic heterocycles. The summed E-state index contributed by atoms with van der Waals surface area (Å²) in [5.74, 6) is 0.106. The molecule has 2 heterocycles. The second-order valence-corrected chi connectivity index (χ2v) is 4.71. The van der Waals surface area contributed by atoms with Crippen LogP contribution in [0.15, 0.2) is 0 Å². The molecule has 2 rings (SSSR count). The van der Waals surface area contributed by atoms with Gasteiger partial charge in [0.1, 0.15) is 0 Å². The first kappa shape index (κ1) is 12.2. The quantitative estimate of drug-likeness (QED) is 0.728. The number of aliphatic hydroxyl groups is 1. The number of piperazine rings is 1. The molecule has 0 radical (unpaired) electrons. The van der Waals surface area contributed by atoms with Crippen LogP contribution in [-0.4, -0.2) is 64.3 Å². The number of carbonyl (C=O) groups excluding carboxylic acids is 1. The van der Waals surface area contributed by atoms with Crippen molar-refractivity contribution in [3.05, 3.63) is 0 Å². The van der Waals surface area contributed by atoms with Crippen LogP contribution >= 0.6 is 0 Å². The van der Waals surface area contributed by atoms with Crippen molar-refractivity contribution in [2.24, 2.45) is 5.92 Å². The highest BCUT2D eigenvalue weighted by atomic mass is 16.4. The second-order valence-electron chi connectivity index (χ2n) is 4.71. The molecule has 2 saturated heterocycles. The number of rotatable bonds is 3. The fourth-order valence-electron chi connectivity index (χ4n) is 2.76. The number of aliphatic hydroxyl groups excluding tert-OH is 1. The van der Waals surface area contributed by atoms with E-state index in [1.54, 1.807) is 0 Å². The summed E-state index contributed by atoms with van der Waals surface area (Å²) in [4.78, 5) is 26.1. The third-order valence-electron chi connectivity index (χ3n) is 3.65. The van der Waals surface area contributed by atoms with E-state index in [2.05, 4.69) is 0 Å². The minimum absolute atomic E-state index is 0.0269. The van der Waals surface area contributed by atoms with Gasteiger partial charge in [-0.2, -0.15) is 0 Å². The average molecular weight is 242 g/mol. The molecule has 0 bridgehead atoms. The molecule has 2 aliphatic heterocycles. The lowest BCUT2D eigenvalue weighted by Gasteiger charge is -2.35. The van der Waals surface area contributed by atoms with Gasteiger partial charge in [-0.1, -0.05) is 0 Å². The number of nitrogens with zero attached hydrogens (tertiary/aromatic N) is 2. The first-order chi connectivity index (χ1) is 8.13. The highest BCUT2D eigenvalue weighted by Crippen LogP contribution is 2.30. The molecule has 0 unspecified atom stereocenters. The highest BCUT2D eigenvalue weighted by Gasteiger charge is 2.42. The zero-order valence-electron chi connectivity index (χ0n) is 9.71. The van der Waals surface area contributed by atoms with Crippen LogP contribution < -0.4 is 0 Å². The Kier molecular flexibility index (Phi) is 3.51. The topological polar surface area (TPSA) is 81.1 Å². The molecule has 0 aliphatic carbocycles. The van der Waals surface area contributed by atoms with Crippen LogP contribution in [-0.2, 0) is 4.79 Å². The standard InChI is InChI=1S/C11H18N2O4/c14-5-1-2-8-6-9-7-12(11(16)17)3-4-13(9)10(8)15/h8-9,14H,1-7H2,(H,16,17)/t8-,9-/m0/s1. The summed E-state index contributed by atoms with van der Waals surface area (Å²) in [6, 6.07) is 0.0380. The van der Waals surface area contributed by atoms with Crippen LogP contribution in [0.3, 0.4) is 0 Å². The van der Waals surface area contributed by atoms with Crippen molar-refractivity contribution < 1.29 is 19.8 Å². The Morgan fingerprint density at radius 3 is 2.82 bits per heavy atom. The molecule has 6 heteroatoms. The van der Waals surface area contributed by atoms with Gasteiger partial charge >= 0.3 is 6.09 Å². The van der Waals surface area contributed by atoms with Crippen LogP contribution in [0.1, 0.15) is 19.3 Å². The van der Waals surface area contributed by atoms with E-state index in [0.29, 0.717) is 32.5 Å². The largest absolute Gasteiger partial charge is 0.465 e. The van der Waals surface area contributed by atoms with Gasteiger partial charge in [0.15, 0.2) is 0 Å². The van der Waals surface area contributed by atoms with E-state index >= 15 is 0 Å². The van der Waals surface area contributed by atoms with E-state index in [9.17, 15) is 9.59 Å². The Balaban J connectivity index is 1.95.